The smallest absolute Gasteiger partial charge is 0.237 e. The van der Waals surface area contributed by atoms with Gasteiger partial charge in [0.25, 0.3) is 0 Å². The average Bonchev–Trinajstić information content (AvgIpc) is 2.82. The molecule has 0 aromatic heterocycles. The van der Waals surface area contributed by atoms with Crippen molar-refractivity contribution < 1.29 is 14.6 Å². The second-order valence-corrected chi connectivity index (χ2v) is 8.65. The number of methoxy groups -OCH3 is 1. The third-order valence-electron chi connectivity index (χ3n) is 6.79. The van der Waals surface area contributed by atoms with Gasteiger partial charge < -0.3 is 14.7 Å². The molecule has 0 unspecified atom stereocenters. The van der Waals surface area contributed by atoms with E-state index in [1.54, 1.807) is 7.11 Å². The Bertz CT molecular complexity index is 1070. The van der Waals surface area contributed by atoms with E-state index < -0.39 is 0 Å². The third kappa shape index (κ3) is 3.78. The molecular weight excluding hydrogens is 400 g/mol. The van der Waals surface area contributed by atoms with Gasteiger partial charge in [-0.25, -0.2) is 0 Å². The summed E-state index contributed by atoms with van der Waals surface area (Å²) in [6.45, 7) is 1.99. The quantitative estimate of drug-likeness (QED) is 0.653. The molecule has 1 amide bonds. The number of ether oxygens (including phenoxy) is 1. The van der Waals surface area contributed by atoms with Gasteiger partial charge in [-0.15, -0.1) is 0 Å². The third-order valence-corrected chi connectivity index (χ3v) is 6.79. The van der Waals surface area contributed by atoms with E-state index in [1.165, 1.54) is 11.1 Å². The molecule has 3 atom stereocenters. The largest absolute Gasteiger partial charge is 0.497 e. The zero-order chi connectivity index (χ0) is 22.1. The fourth-order valence-electron chi connectivity index (χ4n) is 5.21. The maximum atomic E-state index is 12.9. The van der Waals surface area contributed by atoms with E-state index in [2.05, 4.69) is 53.4 Å². The molecule has 0 spiro atoms. The van der Waals surface area contributed by atoms with Gasteiger partial charge in [0.05, 0.1) is 32.3 Å². The molecule has 2 aliphatic rings. The van der Waals surface area contributed by atoms with Crippen LogP contribution in [-0.2, 0) is 11.3 Å². The normalized spacial score (nSPS) is 22.9. The van der Waals surface area contributed by atoms with Crippen molar-refractivity contribution in [1.29, 1.82) is 0 Å². The molecule has 0 aliphatic carbocycles. The van der Waals surface area contributed by atoms with Gasteiger partial charge >= 0.3 is 0 Å². The number of aliphatic hydroxyl groups excluding tert-OH is 1. The van der Waals surface area contributed by atoms with Gasteiger partial charge in [0.15, 0.2) is 0 Å². The molecule has 2 heterocycles. The van der Waals surface area contributed by atoms with Crippen LogP contribution in [-0.4, -0.2) is 59.7 Å². The van der Waals surface area contributed by atoms with Gasteiger partial charge in [-0.3, -0.25) is 9.69 Å². The number of nitrogens with zero attached hydrogens (tertiary/aromatic N) is 2. The molecule has 3 aromatic rings. The molecule has 1 N–H and O–H groups in total. The second kappa shape index (κ2) is 8.77. The first-order valence-electron chi connectivity index (χ1n) is 11.1. The first kappa shape index (κ1) is 20.7. The van der Waals surface area contributed by atoms with E-state index in [4.69, 9.17) is 4.74 Å². The monoisotopic (exact) mass is 428 g/mol. The molecule has 164 valence electrons. The summed E-state index contributed by atoms with van der Waals surface area (Å²) in [5.74, 6) is 1.10. The molecule has 2 saturated heterocycles. The second-order valence-electron chi connectivity index (χ2n) is 8.65. The van der Waals surface area contributed by atoms with Crippen molar-refractivity contribution in [2.24, 2.45) is 0 Å². The van der Waals surface area contributed by atoms with Gasteiger partial charge in [-0.2, -0.15) is 0 Å². The van der Waals surface area contributed by atoms with Gasteiger partial charge in [-0.1, -0.05) is 66.7 Å². The van der Waals surface area contributed by atoms with E-state index in [0.717, 1.165) is 30.0 Å². The average molecular weight is 429 g/mol. The zero-order valence-corrected chi connectivity index (χ0v) is 18.2. The van der Waals surface area contributed by atoms with Crippen molar-refractivity contribution in [3.05, 3.63) is 90.0 Å². The van der Waals surface area contributed by atoms with Gasteiger partial charge in [-0.05, 0) is 34.4 Å². The fourth-order valence-corrected chi connectivity index (χ4v) is 5.21. The minimum Gasteiger partial charge on any atom is -0.497 e. The van der Waals surface area contributed by atoms with Crippen LogP contribution in [0, 0.1) is 0 Å². The predicted molar refractivity (Wildman–Crippen MR) is 124 cm³/mol. The highest BCUT2D eigenvalue weighted by Crippen LogP contribution is 2.43. The summed E-state index contributed by atoms with van der Waals surface area (Å²) >= 11 is 0. The number of hydrogen-bond donors (Lipinski definition) is 1. The van der Waals surface area contributed by atoms with Crippen molar-refractivity contribution >= 4 is 5.91 Å². The highest BCUT2D eigenvalue weighted by atomic mass is 16.5. The minimum absolute atomic E-state index is 0.00811. The lowest BCUT2D eigenvalue weighted by Gasteiger charge is -2.59. The standard InChI is InChI=1S/C27H28N2O3/c1-32-23-13-11-21(12-14-23)20-7-9-22(10-8-20)27-24-16-28(15-19-5-3-2-4-6-19)17-26(31)29(24)25(27)18-30/h2-14,24-25,27,30H,15-18H2,1H3/t24-,25+,27-/m1/s1. The van der Waals surface area contributed by atoms with Crippen LogP contribution in [0.3, 0.4) is 0 Å². The summed E-state index contributed by atoms with van der Waals surface area (Å²) in [6, 6.07) is 26.8. The molecule has 3 aromatic carbocycles. The Labute approximate surface area is 188 Å². The Morgan fingerprint density at radius 3 is 2.22 bits per heavy atom. The number of hydrogen-bond acceptors (Lipinski definition) is 4. The summed E-state index contributed by atoms with van der Waals surface area (Å²) in [5, 5.41) is 10.0. The molecule has 5 nitrogen and oxygen atoms in total. The van der Waals surface area contributed by atoms with Crippen LogP contribution in [0.4, 0.5) is 0 Å². The lowest BCUT2D eigenvalue weighted by atomic mass is 9.73. The Balaban J connectivity index is 1.34. The summed E-state index contributed by atoms with van der Waals surface area (Å²) in [5.41, 5.74) is 4.66. The Morgan fingerprint density at radius 2 is 1.59 bits per heavy atom. The van der Waals surface area contributed by atoms with Crippen LogP contribution in [0.25, 0.3) is 11.1 Å². The highest BCUT2D eigenvalue weighted by molar-refractivity contribution is 5.81. The van der Waals surface area contributed by atoms with E-state index in [9.17, 15) is 9.90 Å². The summed E-state index contributed by atoms with van der Waals surface area (Å²) in [6.07, 6.45) is 0. The summed E-state index contributed by atoms with van der Waals surface area (Å²) in [4.78, 5) is 17.0. The first-order chi connectivity index (χ1) is 15.7. The summed E-state index contributed by atoms with van der Waals surface area (Å²) < 4.78 is 5.25. The van der Waals surface area contributed by atoms with E-state index in [1.807, 2.05) is 35.2 Å². The Morgan fingerprint density at radius 1 is 0.938 bits per heavy atom. The minimum atomic E-state index is -0.141. The first-order valence-corrected chi connectivity index (χ1v) is 11.1. The lowest BCUT2D eigenvalue weighted by molar-refractivity contribution is -0.162. The molecular formula is C27H28N2O3. The number of carbonyl (C=O) groups is 1. The predicted octanol–water partition coefficient (Wildman–Crippen LogP) is 3.53. The van der Waals surface area contributed by atoms with Crippen LogP contribution >= 0.6 is 0 Å². The SMILES string of the molecule is COc1ccc(-c2ccc([C@@H]3[C@H]4CN(Cc5ccccc5)CC(=O)N4[C@H]3CO)cc2)cc1. The van der Waals surface area contributed by atoms with Crippen molar-refractivity contribution in [3.63, 3.8) is 0 Å². The number of rotatable bonds is 6. The van der Waals surface area contributed by atoms with Crippen molar-refractivity contribution in [2.75, 3.05) is 26.8 Å². The van der Waals surface area contributed by atoms with Crippen LogP contribution in [0.2, 0.25) is 0 Å². The van der Waals surface area contributed by atoms with E-state index in [0.29, 0.717) is 6.54 Å². The molecule has 0 radical (unpaired) electrons. The zero-order valence-electron chi connectivity index (χ0n) is 18.2. The van der Waals surface area contributed by atoms with Crippen LogP contribution < -0.4 is 4.74 Å². The Kier molecular flexibility index (Phi) is 5.68. The fraction of sp³-hybridized carbons (Fsp3) is 0.296. The number of benzene rings is 3. The summed E-state index contributed by atoms with van der Waals surface area (Å²) in [7, 11) is 1.67. The van der Waals surface area contributed by atoms with E-state index >= 15 is 0 Å². The van der Waals surface area contributed by atoms with Gasteiger partial charge in [0.1, 0.15) is 5.75 Å². The van der Waals surface area contributed by atoms with Crippen molar-refractivity contribution in [3.8, 4) is 16.9 Å². The maximum absolute atomic E-state index is 12.9. The highest BCUT2D eigenvalue weighted by Gasteiger charge is 2.53. The number of amides is 1. The molecule has 32 heavy (non-hydrogen) atoms. The number of piperazine rings is 1. The Hall–Kier alpha value is -3.15. The van der Waals surface area contributed by atoms with E-state index in [-0.39, 0.29) is 30.5 Å². The lowest BCUT2D eigenvalue weighted by Crippen LogP contribution is -2.72. The number of fused-ring (bicyclic) bond motifs is 1. The van der Waals surface area contributed by atoms with Gasteiger partial charge in [0.2, 0.25) is 5.91 Å². The molecule has 2 aliphatic heterocycles. The van der Waals surface area contributed by atoms with Crippen molar-refractivity contribution in [2.45, 2.75) is 24.5 Å². The topological polar surface area (TPSA) is 53.0 Å². The number of carbonyl (C=O) groups excluding carboxylic acids is 1. The molecule has 0 saturated carbocycles. The van der Waals surface area contributed by atoms with Crippen LogP contribution in [0.1, 0.15) is 17.0 Å². The van der Waals surface area contributed by atoms with Crippen molar-refractivity contribution in [1.82, 2.24) is 9.80 Å². The molecule has 5 heteroatoms. The maximum Gasteiger partial charge on any atom is 0.237 e. The molecule has 5 rings (SSSR count). The molecule has 2 fully saturated rings. The van der Waals surface area contributed by atoms with Crippen LogP contribution in [0.15, 0.2) is 78.9 Å². The van der Waals surface area contributed by atoms with Gasteiger partial charge in [0, 0.05) is 19.0 Å². The van der Waals surface area contributed by atoms with Crippen LogP contribution in [0.5, 0.6) is 5.75 Å². The number of aliphatic hydroxyl groups is 1. The molecule has 0 bridgehead atoms.